The first-order valence-electron chi connectivity index (χ1n) is 9.29. The summed E-state index contributed by atoms with van der Waals surface area (Å²) in [4.78, 5) is 24.6. The number of benzene rings is 2. The Hall–Kier alpha value is -3.32. The van der Waals surface area contributed by atoms with Gasteiger partial charge in [0.2, 0.25) is 0 Å². The molecule has 1 atom stereocenters. The molecular weight excluding hydrogens is 372 g/mol. The molecule has 7 heteroatoms. The van der Waals surface area contributed by atoms with Crippen LogP contribution in [-0.4, -0.2) is 32.3 Å². The lowest BCUT2D eigenvalue weighted by molar-refractivity contribution is -0.140. The van der Waals surface area contributed by atoms with Gasteiger partial charge in [-0.05, 0) is 30.2 Å². The first-order chi connectivity index (χ1) is 14.1. The molecule has 152 valence electrons. The highest BCUT2D eigenvalue weighted by Crippen LogP contribution is 2.29. The number of carbonyl (C=O) groups is 2. The maximum atomic E-state index is 12.6. The Balaban J connectivity index is 1.80. The summed E-state index contributed by atoms with van der Waals surface area (Å²) in [5.41, 5.74) is 2.58. The molecule has 0 spiro atoms. The van der Waals surface area contributed by atoms with Crippen LogP contribution in [0.3, 0.4) is 0 Å². The molecule has 1 aliphatic heterocycles. The van der Waals surface area contributed by atoms with Gasteiger partial charge in [0.15, 0.2) is 0 Å². The largest absolute Gasteiger partial charge is 0.489 e. The molecule has 0 aliphatic carbocycles. The SMILES string of the molecule is COCCOC(=O)C1=C(C)NC(=O)NC1c1cccc(OCc2ccccc2)c1. The molecule has 0 saturated heterocycles. The second kappa shape index (κ2) is 9.75. The molecule has 0 bridgehead atoms. The molecule has 7 nitrogen and oxygen atoms in total. The van der Waals surface area contributed by atoms with E-state index in [0.29, 0.717) is 30.2 Å². The van der Waals surface area contributed by atoms with E-state index in [4.69, 9.17) is 14.2 Å². The first-order valence-corrected chi connectivity index (χ1v) is 9.29. The minimum Gasteiger partial charge on any atom is -0.489 e. The molecule has 2 amide bonds. The summed E-state index contributed by atoms with van der Waals surface area (Å²) in [5, 5.41) is 5.42. The maximum absolute atomic E-state index is 12.6. The third-order valence-corrected chi connectivity index (χ3v) is 4.45. The predicted molar refractivity (Wildman–Crippen MR) is 107 cm³/mol. The van der Waals surface area contributed by atoms with Crippen LogP contribution in [-0.2, 0) is 20.9 Å². The number of allylic oxidation sites excluding steroid dienone is 1. The van der Waals surface area contributed by atoms with Crippen LogP contribution in [0.5, 0.6) is 5.75 Å². The number of carbonyl (C=O) groups excluding carboxylic acids is 2. The van der Waals surface area contributed by atoms with Gasteiger partial charge in [0.25, 0.3) is 0 Å². The summed E-state index contributed by atoms with van der Waals surface area (Å²) < 4.78 is 16.1. The highest BCUT2D eigenvalue weighted by atomic mass is 16.6. The number of amides is 2. The van der Waals surface area contributed by atoms with Gasteiger partial charge in [-0.1, -0.05) is 42.5 Å². The molecule has 3 rings (SSSR count). The van der Waals surface area contributed by atoms with E-state index in [0.717, 1.165) is 11.1 Å². The zero-order chi connectivity index (χ0) is 20.6. The van der Waals surface area contributed by atoms with E-state index in [2.05, 4.69) is 10.6 Å². The molecule has 2 aromatic rings. The van der Waals surface area contributed by atoms with Crippen molar-refractivity contribution in [3.63, 3.8) is 0 Å². The van der Waals surface area contributed by atoms with Gasteiger partial charge in [0.05, 0.1) is 18.2 Å². The third-order valence-electron chi connectivity index (χ3n) is 4.45. The van der Waals surface area contributed by atoms with Crippen molar-refractivity contribution in [1.29, 1.82) is 0 Å². The molecule has 1 aliphatic rings. The fourth-order valence-corrected chi connectivity index (χ4v) is 3.03. The smallest absolute Gasteiger partial charge is 0.338 e. The number of methoxy groups -OCH3 is 1. The van der Waals surface area contributed by atoms with Crippen molar-refractivity contribution in [2.45, 2.75) is 19.6 Å². The van der Waals surface area contributed by atoms with Crippen molar-refractivity contribution in [3.8, 4) is 5.75 Å². The standard InChI is InChI=1S/C22H24N2O5/c1-15-19(21(25)28-12-11-27-2)20(24-22(26)23-15)17-9-6-10-18(13-17)29-14-16-7-4-3-5-8-16/h3-10,13,20H,11-12,14H2,1-2H3,(H2,23,24,26). The fraction of sp³-hybridized carbons (Fsp3) is 0.273. The number of urea groups is 1. The summed E-state index contributed by atoms with van der Waals surface area (Å²) in [5.74, 6) is 0.136. The van der Waals surface area contributed by atoms with Gasteiger partial charge in [-0.3, -0.25) is 0 Å². The predicted octanol–water partition coefficient (Wildman–Crippen LogP) is 3.08. The lowest BCUT2D eigenvalue weighted by Crippen LogP contribution is -2.45. The number of hydrogen-bond donors (Lipinski definition) is 2. The van der Waals surface area contributed by atoms with Crippen molar-refractivity contribution in [1.82, 2.24) is 10.6 Å². The van der Waals surface area contributed by atoms with Crippen LogP contribution in [0.4, 0.5) is 4.79 Å². The summed E-state index contributed by atoms with van der Waals surface area (Å²) in [6, 6.07) is 16.1. The molecule has 29 heavy (non-hydrogen) atoms. The van der Waals surface area contributed by atoms with E-state index < -0.39 is 12.0 Å². The quantitative estimate of drug-likeness (QED) is 0.529. The van der Waals surface area contributed by atoms with Gasteiger partial charge >= 0.3 is 12.0 Å². The van der Waals surface area contributed by atoms with Gasteiger partial charge in [0.1, 0.15) is 19.0 Å². The van der Waals surface area contributed by atoms with E-state index in [9.17, 15) is 9.59 Å². The molecule has 0 fully saturated rings. The summed E-state index contributed by atoms with van der Waals surface area (Å²) >= 11 is 0. The Morgan fingerprint density at radius 1 is 1.07 bits per heavy atom. The van der Waals surface area contributed by atoms with Crippen LogP contribution in [0.25, 0.3) is 0 Å². The van der Waals surface area contributed by atoms with E-state index >= 15 is 0 Å². The number of rotatable bonds is 8. The normalized spacial score (nSPS) is 16.1. The molecule has 1 unspecified atom stereocenters. The van der Waals surface area contributed by atoms with Crippen LogP contribution >= 0.6 is 0 Å². The van der Waals surface area contributed by atoms with Crippen LogP contribution in [0.2, 0.25) is 0 Å². The summed E-state index contributed by atoms with van der Waals surface area (Å²) in [6.45, 7) is 2.52. The van der Waals surface area contributed by atoms with Crippen molar-refractivity contribution < 1.29 is 23.8 Å². The van der Waals surface area contributed by atoms with Crippen LogP contribution in [0.15, 0.2) is 65.9 Å². The molecule has 2 aromatic carbocycles. The minimum atomic E-state index is -0.640. The second-order valence-corrected chi connectivity index (χ2v) is 6.55. The number of hydrogen-bond acceptors (Lipinski definition) is 5. The van der Waals surface area contributed by atoms with E-state index in [1.165, 1.54) is 7.11 Å². The van der Waals surface area contributed by atoms with Crippen molar-refractivity contribution in [3.05, 3.63) is 77.0 Å². The van der Waals surface area contributed by atoms with E-state index in [1.54, 1.807) is 6.92 Å². The molecule has 0 saturated carbocycles. The topological polar surface area (TPSA) is 85.9 Å². The highest BCUT2D eigenvalue weighted by Gasteiger charge is 2.32. The van der Waals surface area contributed by atoms with Crippen LogP contribution in [0, 0.1) is 0 Å². The van der Waals surface area contributed by atoms with Gasteiger partial charge in [0, 0.05) is 12.8 Å². The Kier molecular flexibility index (Phi) is 6.86. The fourth-order valence-electron chi connectivity index (χ4n) is 3.03. The molecule has 1 heterocycles. The molecule has 0 aromatic heterocycles. The lowest BCUT2D eigenvalue weighted by Gasteiger charge is -2.28. The van der Waals surface area contributed by atoms with E-state index in [1.807, 2.05) is 54.6 Å². The van der Waals surface area contributed by atoms with Crippen LogP contribution in [0.1, 0.15) is 24.1 Å². The Morgan fingerprint density at radius 2 is 1.86 bits per heavy atom. The number of esters is 1. The van der Waals surface area contributed by atoms with Gasteiger partial charge in [-0.25, -0.2) is 9.59 Å². The Bertz CT molecular complexity index is 895. The average Bonchev–Trinajstić information content (AvgIpc) is 2.73. The zero-order valence-corrected chi connectivity index (χ0v) is 16.4. The average molecular weight is 396 g/mol. The minimum absolute atomic E-state index is 0.132. The molecule has 2 N–H and O–H groups in total. The monoisotopic (exact) mass is 396 g/mol. The number of ether oxygens (including phenoxy) is 3. The van der Waals surface area contributed by atoms with Crippen molar-refractivity contribution >= 4 is 12.0 Å². The second-order valence-electron chi connectivity index (χ2n) is 6.55. The third kappa shape index (κ3) is 5.36. The van der Waals surface area contributed by atoms with E-state index in [-0.39, 0.29) is 12.6 Å². The van der Waals surface area contributed by atoms with Crippen LogP contribution < -0.4 is 15.4 Å². The summed E-state index contributed by atoms with van der Waals surface area (Å²) in [7, 11) is 1.53. The Morgan fingerprint density at radius 3 is 2.62 bits per heavy atom. The maximum Gasteiger partial charge on any atom is 0.338 e. The Labute approximate surface area is 169 Å². The van der Waals surface area contributed by atoms with Gasteiger partial charge in [-0.15, -0.1) is 0 Å². The van der Waals surface area contributed by atoms with Gasteiger partial charge in [-0.2, -0.15) is 0 Å². The lowest BCUT2D eigenvalue weighted by atomic mass is 9.95. The molecular formula is C22H24N2O5. The molecule has 0 radical (unpaired) electrons. The zero-order valence-electron chi connectivity index (χ0n) is 16.4. The van der Waals surface area contributed by atoms with Gasteiger partial charge < -0.3 is 24.8 Å². The first kappa shape index (κ1) is 20.4. The summed E-state index contributed by atoms with van der Waals surface area (Å²) in [6.07, 6.45) is 0. The number of nitrogens with one attached hydrogen (secondary N) is 2. The van der Waals surface area contributed by atoms with Crippen molar-refractivity contribution in [2.24, 2.45) is 0 Å². The van der Waals surface area contributed by atoms with Crippen molar-refractivity contribution in [2.75, 3.05) is 20.3 Å². The highest BCUT2D eigenvalue weighted by molar-refractivity contribution is 5.95.